The Hall–Kier alpha value is -1.75. The Balaban J connectivity index is 2.15. The summed E-state index contributed by atoms with van der Waals surface area (Å²) in [5, 5.41) is 2.74. The normalized spacial score (nSPS) is 17.8. The van der Waals surface area contributed by atoms with Gasteiger partial charge in [-0.1, -0.05) is 6.07 Å². The van der Waals surface area contributed by atoms with E-state index in [-0.39, 0.29) is 6.10 Å². The molecule has 0 bridgehead atoms. The molecule has 2 rings (SSSR count). The minimum Gasteiger partial charge on any atom is -0.497 e. The molecule has 1 fully saturated rings. The van der Waals surface area contributed by atoms with Crippen LogP contribution in [0, 0.1) is 0 Å². The summed E-state index contributed by atoms with van der Waals surface area (Å²) in [5.74, 6) is 0.676. The summed E-state index contributed by atoms with van der Waals surface area (Å²) in [5.41, 5.74) is 1.07. The molecule has 0 saturated carbocycles. The predicted octanol–water partition coefficient (Wildman–Crippen LogP) is 3.11. The summed E-state index contributed by atoms with van der Waals surface area (Å²) < 4.78 is 15.7. The molecule has 1 aromatic carbocycles. The van der Waals surface area contributed by atoms with Crippen LogP contribution in [-0.4, -0.2) is 25.4 Å². The zero-order valence-corrected chi connectivity index (χ0v) is 11.6. The highest BCUT2D eigenvalue weighted by Crippen LogP contribution is 2.37. The average molecular weight is 265 g/mol. The lowest BCUT2D eigenvalue weighted by Gasteiger charge is -2.20. The van der Waals surface area contributed by atoms with E-state index < -0.39 is 11.7 Å². The molecule has 0 spiro atoms. The van der Waals surface area contributed by atoms with Crippen molar-refractivity contribution in [1.29, 1.82) is 0 Å². The third-order valence-corrected chi connectivity index (χ3v) is 2.58. The number of benzene rings is 1. The van der Waals surface area contributed by atoms with Crippen LogP contribution in [-0.2, 0) is 9.47 Å². The molecule has 5 nitrogen and oxygen atoms in total. The lowest BCUT2D eigenvalue weighted by Crippen LogP contribution is -2.27. The first kappa shape index (κ1) is 13.7. The zero-order valence-electron chi connectivity index (χ0n) is 11.6. The van der Waals surface area contributed by atoms with Crippen molar-refractivity contribution in [3.8, 4) is 5.75 Å². The number of amides is 1. The summed E-state index contributed by atoms with van der Waals surface area (Å²) in [6.07, 6.45) is -0.432. The topological polar surface area (TPSA) is 60.1 Å². The number of nitrogens with one attached hydrogen (secondary N) is 1. The average Bonchev–Trinajstić information content (AvgIpc) is 3.10. The predicted molar refractivity (Wildman–Crippen MR) is 71.5 cm³/mol. The summed E-state index contributed by atoms with van der Waals surface area (Å²) in [7, 11) is 1.58. The molecule has 1 aromatic rings. The van der Waals surface area contributed by atoms with E-state index >= 15 is 0 Å². The van der Waals surface area contributed by atoms with Gasteiger partial charge in [0.1, 0.15) is 17.5 Å². The van der Waals surface area contributed by atoms with Gasteiger partial charge in [0, 0.05) is 11.6 Å². The van der Waals surface area contributed by atoms with Gasteiger partial charge in [0.05, 0.1) is 19.4 Å². The van der Waals surface area contributed by atoms with E-state index in [9.17, 15) is 4.79 Å². The van der Waals surface area contributed by atoms with Crippen LogP contribution < -0.4 is 10.1 Å². The quantitative estimate of drug-likeness (QED) is 0.853. The van der Waals surface area contributed by atoms with Crippen LogP contribution in [0.2, 0.25) is 0 Å². The highest BCUT2D eigenvalue weighted by atomic mass is 16.6. The molecular weight excluding hydrogens is 246 g/mol. The van der Waals surface area contributed by atoms with E-state index in [1.165, 1.54) is 0 Å². The van der Waals surface area contributed by atoms with E-state index in [1.807, 2.05) is 32.9 Å². The fourth-order valence-electron chi connectivity index (χ4n) is 1.69. The molecule has 0 unspecified atom stereocenters. The number of ether oxygens (including phenoxy) is 3. The SMILES string of the molecule is COc1ccc([C@H]2CO2)c(NC(=O)OC(C)(C)C)c1. The number of carbonyl (C=O) groups excluding carboxylic acids is 1. The van der Waals surface area contributed by atoms with Gasteiger partial charge in [-0.25, -0.2) is 4.79 Å². The monoisotopic (exact) mass is 265 g/mol. The van der Waals surface area contributed by atoms with Crippen molar-refractivity contribution in [2.75, 3.05) is 19.0 Å². The van der Waals surface area contributed by atoms with Crippen molar-refractivity contribution < 1.29 is 19.0 Å². The maximum atomic E-state index is 11.8. The number of epoxide rings is 1. The summed E-state index contributed by atoms with van der Waals surface area (Å²) in [6.45, 7) is 6.14. The van der Waals surface area contributed by atoms with Gasteiger partial charge in [-0.2, -0.15) is 0 Å². The smallest absolute Gasteiger partial charge is 0.412 e. The van der Waals surface area contributed by atoms with Gasteiger partial charge < -0.3 is 14.2 Å². The maximum absolute atomic E-state index is 11.8. The fraction of sp³-hybridized carbons (Fsp3) is 0.500. The highest BCUT2D eigenvalue weighted by molar-refractivity contribution is 5.86. The summed E-state index contributed by atoms with van der Waals surface area (Å²) >= 11 is 0. The van der Waals surface area contributed by atoms with E-state index in [2.05, 4.69) is 5.32 Å². The van der Waals surface area contributed by atoms with Crippen LogP contribution in [0.5, 0.6) is 5.75 Å². The van der Waals surface area contributed by atoms with Gasteiger partial charge in [-0.3, -0.25) is 5.32 Å². The Morgan fingerprint density at radius 2 is 2.11 bits per heavy atom. The number of carbonyl (C=O) groups is 1. The Bertz CT molecular complexity index is 475. The molecular formula is C14H19NO4. The molecule has 1 heterocycles. The van der Waals surface area contributed by atoms with Crippen molar-refractivity contribution >= 4 is 11.8 Å². The van der Waals surface area contributed by atoms with Crippen LogP contribution >= 0.6 is 0 Å². The van der Waals surface area contributed by atoms with E-state index in [4.69, 9.17) is 14.2 Å². The molecule has 1 N–H and O–H groups in total. The lowest BCUT2D eigenvalue weighted by atomic mass is 10.1. The van der Waals surface area contributed by atoms with Gasteiger partial charge in [-0.05, 0) is 26.8 Å². The first-order valence-corrected chi connectivity index (χ1v) is 6.18. The lowest BCUT2D eigenvalue weighted by molar-refractivity contribution is 0.0636. The van der Waals surface area contributed by atoms with Gasteiger partial charge in [-0.15, -0.1) is 0 Å². The first-order valence-electron chi connectivity index (χ1n) is 6.18. The van der Waals surface area contributed by atoms with E-state index in [0.29, 0.717) is 18.0 Å². The number of hydrogen-bond donors (Lipinski definition) is 1. The molecule has 5 heteroatoms. The number of hydrogen-bond acceptors (Lipinski definition) is 4. The van der Waals surface area contributed by atoms with Crippen molar-refractivity contribution in [1.82, 2.24) is 0 Å². The second kappa shape index (κ2) is 5.09. The van der Waals surface area contributed by atoms with Crippen LogP contribution in [0.25, 0.3) is 0 Å². The summed E-state index contributed by atoms with van der Waals surface area (Å²) in [6, 6.07) is 5.50. The van der Waals surface area contributed by atoms with E-state index in [0.717, 1.165) is 5.56 Å². The third kappa shape index (κ3) is 3.86. The van der Waals surface area contributed by atoms with E-state index in [1.54, 1.807) is 13.2 Å². The molecule has 1 saturated heterocycles. The summed E-state index contributed by atoms with van der Waals surface area (Å²) in [4.78, 5) is 11.8. The van der Waals surface area contributed by atoms with Crippen molar-refractivity contribution in [2.24, 2.45) is 0 Å². The fourth-order valence-corrected chi connectivity index (χ4v) is 1.69. The number of anilines is 1. The van der Waals surface area contributed by atoms with Gasteiger partial charge >= 0.3 is 6.09 Å². The molecule has 1 aliphatic rings. The Morgan fingerprint density at radius 3 is 2.63 bits per heavy atom. The van der Waals surface area contributed by atoms with Crippen LogP contribution in [0.3, 0.4) is 0 Å². The number of methoxy groups -OCH3 is 1. The zero-order chi connectivity index (χ0) is 14.0. The molecule has 1 aliphatic heterocycles. The Labute approximate surface area is 112 Å². The minimum atomic E-state index is -0.529. The van der Waals surface area contributed by atoms with Gasteiger partial charge in [0.2, 0.25) is 0 Å². The van der Waals surface area contributed by atoms with Crippen molar-refractivity contribution in [2.45, 2.75) is 32.5 Å². The van der Waals surface area contributed by atoms with Gasteiger partial charge in [0.15, 0.2) is 0 Å². The second-order valence-electron chi connectivity index (χ2n) is 5.40. The highest BCUT2D eigenvalue weighted by Gasteiger charge is 2.28. The van der Waals surface area contributed by atoms with Crippen LogP contribution in [0.1, 0.15) is 32.4 Å². The molecule has 19 heavy (non-hydrogen) atoms. The van der Waals surface area contributed by atoms with Crippen LogP contribution in [0.4, 0.5) is 10.5 Å². The first-order chi connectivity index (χ1) is 8.89. The minimum absolute atomic E-state index is 0.0517. The molecule has 104 valence electrons. The Morgan fingerprint density at radius 1 is 1.42 bits per heavy atom. The van der Waals surface area contributed by atoms with Crippen LogP contribution in [0.15, 0.2) is 18.2 Å². The Kier molecular flexibility index (Phi) is 3.66. The molecule has 0 radical (unpaired) electrons. The molecule has 0 aromatic heterocycles. The molecule has 1 amide bonds. The standard InChI is InChI=1S/C14H19NO4/c1-14(2,3)19-13(16)15-11-7-9(17-4)5-6-10(11)12-8-18-12/h5-7,12H,8H2,1-4H3,(H,15,16)/t12-/m1/s1. The second-order valence-corrected chi connectivity index (χ2v) is 5.40. The third-order valence-electron chi connectivity index (χ3n) is 2.58. The molecule has 1 atom stereocenters. The van der Waals surface area contributed by atoms with Gasteiger partial charge in [0.25, 0.3) is 0 Å². The van der Waals surface area contributed by atoms with Crippen molar-refractivity contribution in [3.05, 3.63) is 23.8 Å². The maximum Gasteiger partial charge on any atom is 0.412 e. The molecule has 0 aliphatic carbocycles. The number of rotatable bonds is 3. The van der Waals surface area contributed by atoms with Crippen molar-refractivity contribution in [3.63, 3.8) is 0 Å². The largest absolute Gasteiger partial charge is 0.497 e.